The van der Waals surface area contributed by atoms with E-state index in [9.17, 15) is 14.4 Å². The predicted molar refractivity (Wildman–Crippen MR) is 68.9 cm³/mol. The van der Waals surface area contributed by atoms with Crippen LogP contribution >= 0.6 is 11.6 Å². The predicted octanol–water partition coefficient (Wildman–Crippen LogP) is 1.65. The highest BCUT2D eigenvalue weighted by Crippen LogP contribution is 2.30. The van der Waals surface area contributed by atoms with Gasteiger partial charge in [-0.1, -0.05) is 12.1 Å². The zero-order valence-corrected chi connectivity index (χ0v) is 10.7. The van der Waals surface area contributed by atoms with Crippen LogP contribution in [0.2, 0.25) is 0 Å². The number of nitrogens with zero attached hydrogens (tertiary/aromatic N) is 1. The van der Waals surface area contributed by atoms with Crippen LogP contribution in [-0.4, -0.2) is 22.9 Å². The summed E-state index contributed by atoms with van der Waals surface area (Å²) in [5.41, 5.74) is 0.749. The van der Waals surface area contributed by atoms with Crippen molar-refractivity contribution in [2.75, 3.05) is 4.90 Å². The fourth-order valence-corrected chi connectivity index (χ4v) is 1.83. The minimum Gasteiger partial charge on any atom is -0.480 e. The number of carbonyl (C=O) groups is 3. The zero-order valence-electron chi connectivity index (χ0n) is 9.96. The highest BCUT2D eigenvalue weighted by molar-refractivity contribution is 6.33. The van der Waals surface area contributed by atoms with E-state index in [1.54, 1.807) is 0 Å². The average molecular weight is 280 g/mol. The van der Waals surface area contributed by atoms with Crippen LogP contribution in [0.15, 0.2) is 36.4 Å². The molecule has 1 aromatic carbocycles. The SMILES string of the molecule is CC(Cl)(C(=O)O)c1ccc(N2C(=O)C=CC2=O)cc1. The Labute approximate surface area is 114 Å². The van der Waals surface area contributed by atoms with E-state index in [1.807, 2.05) is 0 Å². The monoisotopic (exact) mass is 279 g/mol. The van der Waals surface area contributed by atoms with Crippen LogP contribution in [0.5, 0.6) is 0 Å². The first-order chi connectivity index (χ1) is 8.84. The summed E-state index contributed by atoms with van der Waals surface area (Å²) in [5, 5.41) is 9.00. The molecular formula is C13H10ClNO4. The van der Waals surface area contributed by atoms with E-state index in [2.05, 4.69) is 0 Å². The van der Waals surface area contributed by atoms with Crippen LogP contribution in [0.25, 0.3) is 0 Å². The largest absolute Gasteiger partial charge is 0.480 e. The average Bonchev–Trinajstić information content (AvgIpc) is 2.69. The minimum atomic E-state index is -1.55. The van der Waals surface area contributed by atoms with E-state index in [0.29, 0.717) is 11.3 Å². The van der Waals surface area contributed by atoms with Gasteiger partial charge in [0.25, 0.3) is 11.8 Å². The van der Waals surface area contributed by atoms with Gasteiger partial charge in [0.2, 0.25) is 0 Å². The molecule has 98 valence electrons. The Balaban J connectivity index is 2.32. The standard InChI is InChI=1S/C13H10ClNO4/c1-13(14,12(18)19)8-2-4-9(5-3-8)15-10(16)6-7-11(15)17/h2-7H,1H3,(H,18,19). The molecule has 1 aromatic rings. The van der Waals surface area contributed by atoms with E-state index in [4.69, 9.17) is 16.7 Å². The van der Waals surface area contributed by atoms with E-state index >= 15 is 0 Å². The van der Waals surface area contributed by atoms with Gasteiger partial charge in [-0.05, 0) is 24.6 Å². The molecule has 5 nitrogen and oxygen atoms in total. The van der Waals surface area contributed by atoms with Crippen LogP contribution in [0.1, 0.15) is 12.5 Å². The van der Waals surface area contributed by atoms with Gasteiger partial charge >= 0.3 is 5.97 Å². The zero-order chi connectivity index (χ0) is 14.2. The van der Waals surface area contributed by atoms with Crippen molar-refractivity contribution in [3.63, 3.8) is 0 Å². The molecule has 0 fully saturated rings. The molecule has 0 spiro atoms. The number of hydrogen-bond donors (Lipinski definition) is 1. The molecule has 2 rings (SSSR count). The number of carboxylic acids is 1. The molecule has 1 heterocycles. The Bertz CT molecular complexity index is 571. The fraction of sp³-hybridized carbons (Fsp3) is 0.154. The van der Waals surface area contributed by atoms with Gasteiger partial charge in [-0.3, -0.25) is 9.59 Å². The molecule has 0 radical (unpaired) electrons. The quantitative estimate of drug-likeness (QED) is 0.674. The smallest absolute Gasteiger partial charge is 0.329 e. The third-order valence-electron chi connectivity index (χ3n) is 2.88. The summed E-state index contributed by atoms with van der Waals surface area (Å²) in [5.74, 6) is -2.02. The first kappa shape index (κ1) is 13.3. The van der Waals surface area contributed by atoms with Crippen molar-refractivity contribution in [2.24, 2.45) is 0 Å². The molecule has 0 saturated heterocycles. The lowest BCUT2D eigenvalue weighted by Crippen LogP contribution is -2.30. The fourth-order valence-electron chi connectivity index (χ4n) is 1.70. The molecular weight excluding hydrogens is 270 g/mol. The Morgan fingerprint density at radius 3 is 2.05 bits per heavy atom. The second kappa shape index (κ2) is 4.51. The molecule has 19 heavy (non-hydrogen) atoms. The maximum atomic E-state index is 11.5. The second-order valence-electron chi connectivity index (χ2n) is 4.20. The number of amides is 2. The molecule has 1 atom stereocenters. The Hall–Kier alpha value is -2.14. The van der Waals surface area contributed by atoms with Crippen molar-refractivity contribution in [1.82, 2.24) is 0 Å². The summed E-state index contributed by atoms with van der Waals surface area (Å²) < 4.78 is 0. The molecule has 2 amide bonds. The number of anilines is 1. The molecule has 1 aliphatic heterocycles. The number of carbonyl (C=O) groups excluding carboxylic acids is 2. The van der Waals surface area contributed by atoms with Crippen LogP contribution in [0, 0.1) is 0 Å². The summed E-state index contributed by atoms with van der Waals surface area (Å²) in [6, 6.07) is 5.94. The van der Waals surface area contributed by atoms with Crippen LogP contribution in [0.4, 0.5) is 5.69 Å². The number of rotatable bonds is 3. The lowest BCUT2D eigenvalue weighted by Gasteiger charge is -2.19. The van der Waals surface area contributed by atoms with E-state index in [1.165, 1.54) is 43.3 Å². The Kier molecular flexibility index (Phi) is 3.16. The molecule has 1 unspecified atom stereocenters. The summed E-state index contributed by atoms with van der Waals surface area (Å²) >= 11 is 5.91. The van der Waals surface area contributed by atoms with Crippen molar-refractivity contribution in [1.29, 1.82) is 0 Å². The Morgan fingerprint density at radius 2 is 1.63 bits per heavy atom. The first-order valence-corrected chi connectivity index (χ1v) is 5.81. The number of benzene rings is 1. The van der Waals surface area contributed by atoms with E-state index in [0.717, 1.165) is 4.90 Å². The molecule has 0 bridgehead atoms. The summed E-state index contributed by atoms with van der Waals surface area (Å²) in [4.78, 5) is 33.4. The number of hydrogen-bond acceptors (Lipinski definition) is 3. The van der Waals surface area contributed by atoms with Gasteiger partial charge in [0.05, 0.1) is 5.69 Å². The van der Waals surface area contributed by atoms with Gasteiger partial charge in [0.1, 0.15) is 0 Å². The highest BCUT2D eigenvalue weighted by atomic mass is 35.5. The van der Waals surface area contributed by atoms with Gasteiger partial charge in [-0.25, -0.2) is 9.69 Å². The molecule has 0 aromatic heterocycles. The molecule has 0 aliphatic carbocycles. The minimum absolute atomic E-state index is 0.373. The molecule has 1 aliphatic rings. The highest BCUT2D eigenvalue weighted by Gasteiger charge is 2.33. The van der Waals surface area contributed by atoms with E-state index < -0.39 is 22.7 Å². The number of carboxylic acid groups (broad SMARTS) is 1. The summed E-state index contributed by atoms with van der Waals surface area (Å²) in [6.45, 7) is 1.36. The van der Waals surface area contributed by atoms with Crippen LogP contribution < -0.4 is 4.90 Å². The van der Waals surface area contributed by atoms with Crippen LogP contribution in [-0.2, 0) is 19.3 Å². The molecule has 0 saturated carbocycles. The van der Waals surface area contributed by atoms with Gasteiger partial charge < -0.3 is 5.11 Å². The van der Waals surface area contributed by atoms with Gasteiger partial charge in [-0.15, -0.1) is 11.6 Å². The van der Waals surface area contributed by atoms with Crippen molar-refractivity contribution in [3.8, 4) is 0 Å². The molecule has 1 N–H and O–H groups in total. The maximum Gasteiger partial charge on any atom is 0.329 e. The number of halogens is 1. The topological polar surface area (TPSA) is 74.7 Å². The summed E-state index contributed by atoms with van der Waals surface area (Å²) in [7, 11) is 0. The van der Waals surface area contributed by atoms with Gasteiger partial charge in [0, 0.05) is 12.2 Å². The van der Waals surface area contributed by atoms with E-state index in [-0.39, 0.29) is 0 Å². The maximum absolute atomic E-state index is 11.5. The third-order valence-corrected chi connectivity index (χ3v) is 3.26. The second-order valence-corrected chi connectivity index (χ2v) is 4.96. The summed E-state index contributed by atoms with van der Waals surface area (Å²) in [6.07, 6.45) is 2.36. The van der Waals surface area contributed by atoms with Gasteiger partial charge in [0.15, 0.2) is 4.87 Å². The number of aliphatic carboxylic acids is 1. The third kappa shape index (κ3) is 2.24. The van der Waals surface area contributed by atoms with Crippen molar-refractivity contribution >= 4 is 35.1 Å². The van der Waals surface area contributed by atoms with Crippen LogP contribution in [0.3, 0.4) is 0 Å². The van der Waals surface area contributed by atoms with Gasteiger partial charge in [-0.2, -0.15) is 0 Å². The normalized spacial score (nSPS) is 17.7. The number of imide groups is 1. The first-order valence-electron chi connectivity index (χ1n) is 5.43. The molecule has 6 heteroatoms. The van der Waals surface area contributed by atoms with Crippen molar-refractivity contribution in [3.05, 3.63) is 42.0 Å². The Morgan fingerprint density at radius 1 is 1.16 bits per heavy atom. The number of alkyl halides is 1. The lowest BCUT2D eigenvalue weighted by atomic mass is 10.00. The van der Waals surface area contributed by atoms with Crippen molar-refractivity contribution < 1.29 is 19.5 Å². The van der Waals surface area contributed by atoms with Crippen molar-refractivity contribution in [2.45, 2.75) is 11.8 Å². The lowest BCUT2D eigenvalue weighted by molar-refractivity contribution is -0.140.